The van der Waals surface area contributed by atoms with E-state index in [1.807, 2.05) is 90.0 Å². The van der Waals surface area contributed by atoms with Crippen molar-refractivity contribution in [2.75, 3.05) is 25.5 Å². The van der Waals surface area contributed by atoms with E-state index in [4.69, 9.17) is 11.6 Å². The van der Waals surface area contributed by atoms with Crippen molar-refractivity contribution >= 4 is 17.4 Å². The molecule has 158 valence electrons. The van der Waals surface area contributed by atoms with Gasteiger partial charge in [-0.25, -0.2) is 4.98 Å². The van der Waals surface area contributed by atoms with Gasteiger partial charge >= 0.3 is 0 Å². The smallest absolute Gasteiger partial charge is 0.169 e. The summed E-state index contributed by atoms with van der Waals surface area (Å²) in [5, 5.41) is 16.6. The van der Waals surface area contributed by atoms with Gasteiger partial charge in [-0.05, 0) is 56.6 Å². The van der Waals surface area contributed by atoms with Gasteiger partial charge in [0.05, 0.1) is 0 Å². The van der Waals surface area contributed by atoms with Crippen LogP contribution in [0.4, 0.5) is 5.82 Å². The molecule has 2 rings (SSSR count). The van der Waals surface area contributed by atoms with Crippen LogP contribution in [0.3, 0.4) is 0 Å². The van der Waals surface area contributed by atoms with E-state index in [1.165, 1.54) is 0 Å². The molecule has 5 nitrogen and oxygen atoms in total. The molecule has 2 aromatic rings. The first-order valence-corrected chi connectivity index (χ1v) is 10.1. The van der Waals surface area contributed by atoms with Crippen molar-refractivity contribution in [2.24, 2.45) is 0 Å². The Labute approximate surface area is 176 Å². The monoisotopic (exact) mass is 408 g/mol. The Morgan fingerprint density at radius 3 is 2.21 bits per heavy atom. The zero-order chi connectivity index (χ0) is 21.7. The number of benzene rings is 1. The zero-order valence-electron chi connectivity index (χ0n) is 18.6. The van der Waals surface area contributed by atoms with Gasteiger partial charge in [-0.15, -0.1) is 0 Å². The Hall–Kier alpha value is -1.66. The van der Waals surface area contributed by atoms with Crippen molar-refractivity contribution in [1.29, 1.82) is 0 Å². The summed E-state index contributed by atoms with van der Waals surface area (Å²) in [6.07, 6.45) is 0. The molecule has 1 aromatic carbocycles. The van der Waals surface area contributed by atoms with Crippen molar-refractivity contribution in [3.8, 4) is 0 Å². The van der Waals surface area contributed by atoms with E-state index >= 15 is 0 Å². The van der Waals surface area contributed by atoms with Crippen LogP contribution in [0.5, 0.6) is 0 Å². The molecular formula is C22H37ClN4O. The summed E-state index contributed by atoms with van der Waals surface area (Å²) in [7, 11) is 3.98. The fourth-order valence-corrected chi connectivity index (χ4v) is 2.39. The quantitative estimate of drug-likeness (QED) is 0.614. The molecule has 1 atom stereocenters. The molecule has 0 spiro atoms. The highest BCUT2D eigenvalue weighted by Crippen LogP contribution is 2.16. The molecule has 0 amide bonds. The Kier molecular flexibility index (Phi) is 12.7. The highest BCUT2D eigenvalue weighted by atomic mass is 35.5. The highest BCUT2D eigenvalue weighted by Gasteiger charge is 2.16. The molecule has 1 aromatic heterocycles. The molecule has 0 aliphatic rings. The minimum absolute atomic E-state index is 0.595. The Balaban J connectivity index is 0.000000520. The second-order valence-electron chi connectivity index (χ2n) is 6.57. The average Bonchev–Trinajstić information content (AvgIpc) is 2.65. The lowest BCUT2D eigenvalue weighted by Gasteiger charge is -2.25. The first kappa shape index (κ1) is 26.3. The van der Waals surface area contributed by atoms with E-state index in [0.717, 1.165) is 27.7 Å². The molecule has 0 fully saturated rings. The second kappa shape index (κ2) is 13.5. The minimum atomic E-state index is -1.04. The predicted octanol–water partition coefficient (Wildman–Crippen LogP) is 4.50. The van der Waals surface area contributed by atoms with Gasteiger partial charge < -0.3 is 10.0 Å². The maximum absolute atomic E-state index is 9.85. The van der Waals surface area contributed by atoms with Gasteiger partial charge in [0.25, 0.3) is 0 Å². The van der Waals surface area contributed by atoms with Gasteiger partial charge in [0.15, 0.2) is 5.85 Å². The fraction of sp³-hybridized carbons (Fsp3) is 0.500. The van der Waals surface area contributed by atoms with Crippen LogP contribution in [0.1, 0.15) is 44.5 Å². The molecule has 3 N–H and O–H groups in total. The molecule has 0 aliphatic heterocycles. The molecule has 28 heavy (non-hydrogen) atoms. The fourth-order valence-electron chi connectivity index (χ4n) is 2.28. The van der Waals surface area contributed by atoms with E-state index in [9.17, 15) is 5.11 Å². The molecule has 0 bridgehead atoms. The third-order valence-corrected chi connectivity index (χ3v) is 4.14. The molecular weight excluding hydrogens is 372 g/mol. The first-order chi connectivity index (χ1) is 13.1. The van der Waals surface area contributed by atoms with Gasteiger partial charge in [-0.2, -0.15) is 0 Å². The number of pyridine rings is 1. The topological polar surface area (TPSA) is 60.4 Å². The maximum atomic E-state index is 9.85. The summed E-state index contributed by atoms with van der Waals surface area (Å²) < 4.78 is 0. The molecule has 1 heterocycles. The largest absolute Gasteiger partial charge is 0.363 e. The van der Waals surface area contributed by atoms with Crippen molar-refractivity contribution in [3.63, 3.8) is 0 Å². The van der Waals surface area contributed by atoms with E-state index < -0.39 is 5.85 Å². The molecule has 0 radical (unpaired) electrons. The standard InChI is InChI=1S/C12H19ClN2O.C8H12N2.C2H6/c1-4-14-12(3,16)15-8-10-5-6-11(13)9(2)7-10;1-7-5-4-6-8(9-7)10(2)3;1-2/h5-7,14-16H,4,8H2,1-3H3;4-6H,1-3H3;1-2H3. The number of nitrogens with one attached hydrogen (secondary N) is 2. The SMILES string of the molecule is CC.CCNC(C)(O)NCc1ccc(Cl)c(C)c1.Cc1cccc(N(C)C)n1. The Morgan fingerprint density at radius 1 is 1.11 bits per heavy atom. The molecule has 0 saturated carbocycles. The number of nitrogens with zero attached hydrogens (tertiary/aromatic N) is 2. The van der Waals surface area contributed by atoms with Crippen LogP contribution in [0.2, 0.25) is 5.02 Å². The van der Waals surface area contributed by atoms with Crippen LogP contribution in [-0.4, -0.2) is 36.6 Å². The highest BCUT2D eigenvalue weighted by molar-refractivity contribution is 6.31. The molecule has 1 unspecified atom stereocenters. The van der Waals surface area contributed by atoms with E-state index in [1.54, 1.807) is 6.92 Å². The van der Waals surface area contributed by atoms with E-state index in [-0.39, 0.29) is 0 Å². The summed E-state index contributed by atoms with van der Waals surface area (Å²) in [6, 6.07) is 11.8. The minimum Gasteiger partial charge on any atom is -0.363 e. The normalized spacial score (nSPS) is 12.1. The summed E-state index contributed by atoms with van der Waals surface area (Å²) in [6.45, 7) is 12.9. The van der Waals surface area contributed by atoms with Gasteiger partial charge in [0, 0.05) is 31.4 Å². The number of aryl methyl sites for hydroxylation is 2. The lowest BCUT2D eigenvalue weighted by Crippen LogP contribution is -2.53. The third kappa shape index (κ3) is 10.6. The summed E-state index contributed by atoms with van der Waals surface area (Å²) in [5.41, 5.74) is 3.20. The number of aromatic nitrogens is 1. The number of rotatable bonds is 6. The van der Waals surface area contributed by atoms with Crippen LogP contribution in [-0.2, 0) is 6.54 Å². The Morgan fingerprint density at radius 2 is 1.75 bits per heavy atom. The second-order valence-corrected chi connectivity index (χ2v) is 6.98. The first-order valence-electron chi connectivity index (χ1n) is 9.73. The van der Waals surface area contributed by atoms with Crippen molar-refractivity contribution in [1.82, 2.24) is 15.6 Å². The molecule has 6 heteroatoms. The summed E-state index contributed by atoms with van der Waals surface area (Å²) in [4.78, 5) is 6.29. The third-order valence-electron chi connectivity index (χ3n) is 3.71. The average molecular weight is 409 g/mol. The van der Waals surface area contributed by atoms with Gasteiger partial charge in [-0.3, -0.25) is 10.6 Å². The van der Waals surface area contributed by atoms with Crippen LogP contribution in [0.25, 0.3) is 0 Å². The molecule has 0 saturated heterocycles. The summed E-state index contributed by atoms with van der Waals surface area (Å²) >= 11 is 5.94. The Bertz CT molecular complexity index is 690. The van der Waals surface area contributed by atoms with Crippen LogP contribution >= 0.6 is 11.6 Å². The van der Waals surface area contributed by atoms with Gasteiger partial charge in [0.1, 0.15) is 5.82 Å². The van der Waals surface area contributed by atoms with Crippen molar-refractivity contribution < 1.29 is 5.11 Å². The summed E-state index contributed by atoms with van der Waals surface area (Å²) in [5.74, 6) is -0.0255. The van der Waals surface area contributed by atoms with Gasteiger partial charge in [0.2, 0.25) is 0 Å². The lowest BCUT2D eigenvalue weighted by molar-refractivity contribution is -0.0100. The molecule has 0 aliphatic carbocycles. The van der Waals surface area contributed by atoms with Crippen LogP contribution in [0.15, 0.2) is 36.4 Å². The van der Waals surface area contributed by atoms with Crippen molar-refractivity contribution in [2.45, 2.75) is 53.9 Å². The maximum Gasteiger partial charge on any atom is 0.169 e. The number of anilines is 1. The van der Waals surface area contributed by atoms with Crippen LogP contribution in [0, 0.1) is 13.8 Å². The number of halogens is 1. The van der Waals surface area contributed by atoms with E-state index in [2.05, 4.69) is 15.6 Å². The lowest BCUT2D eigenvalue weighted by atomic mass is 10.1. The van der Waals surface area contributed by atoms with E-state index in [0.29, 0.717) is 13.1 Å². The van der Waals surface area contributed by atoms with Gasteiger partial charge in [-0.1, -0.05) is 50.6 Å². The number of aliphatic hydroxyl groups is 1. The zero-order valence-corrected chi connectivity index (χ0v) is 19.4. The number of hydrogen-bond donors (Lipinski definition) is 3. The van der Waals surface area contributed by atoms with Crippen LogP contribution < -0.4 is 15.5 Å². The van der Waals surface area contributed by atoms with Crippen molar-refractivity contribution in [3.05, 3.63) is 58.2 Å². The number of hydrogen-bond acceptors (Lipinski definition) is 5. The predicted molar refractivity (Wildman–Crippen MR) is 122 cm³/mol.